The van der Waals surface area contributed by atoms with Crippen LogP contribution in [0, 0.1) is 0 Å². The van der Waals surface area contributed by atoms with E-state index in [2.05, 4.69) is 34.5 Å². The van der Waals surface area contributed by atoms with E-state index < -0.39 is 0 Å². The molecule has 2 fully saturated rings. The van der Waals surface area contributed by atoms with Crippen molar-refractivity contribution in [3.63, 3.8) is 0 Å². The van der Waals surface area contributed by atoms with Crippen LogP contribution in [0.3, 0.4) is 0 Å². The molecule has 1 aromatic rings. The molecule has 1 aromatic carbocycles. The number of nitrogens with one attached hydrogen (secondary N) is 1. The van der Waals surface area contributed by atoms with E-state index in [0.29, 0.717) is 6.10 Å². The van der Waals surface area contributed by atoms with Crippen molar-refractivity contribution >= 4 is 11.4 Å². The highest BCUT2D eigenvalue weighted by molar-refractivity contribution is 5.71. The monoisotopic (exact) mass is 272 g/mol. The molecule has 1 saturated heterocycles. The number of benzene rings is 1. The summed E-state index contributed by atoms with van der Waals surface area (Å²) < 4.78 is 6.47. The molecule has 0 radical (unpaired) electrons. The van der Waals surface area contributed by atoms with E-state index >= 15 is 0 Å². The van der Waals surface area contributed by atoms with Gasteiger partial charge in [-0.25, -0.2) is 0 Å². The van der Waals surface area contributed by atoms with Crippen molar-refractivity contribution in [1.29, 1.82) is 0 Å². The van der Waals surface area contributed by atoms with Crippen LogP contribution >= 0.6 is 0 Å². The second kappa shape index (κ2) is 4.96. The van der Waals surface area contributed by atoms with E-state index in [1.807, 2.05) is 0 Å². The van der Waals surface area contributed by atoms with Crippen LogP contribution in [-0.4, -0.2) is 31.3 Å². The molecule has 1 saturated carbocycles. The molecule has 3 aliphatic rings. The number of hydrogen-bond donors (Lipinski definition) is 1. The number of ether oxygens (including phenoxy) is 1. The van der Waals surface area contributed by atoms with Crippen LogP contribution in [0.1, 0.15) is 38.5 Å². The minimum absolute atomic E-state index is 0.262. The van der Waals surface area contributed by atoms with Gasteiger partial charge in [0.1, 0.15) is 0 Å². The molecule has 2 aliphatic heterocycles. The molecule has 1 aliphatic carbocycles. The van der Waals surface area contributed by atoms with E-state index in [1.165, 1.54) is 49.9 Å². The average Bonchev–Trinajstić information content (AvgIpc) is 3.10. The first-order valence-electron chi connectivity index (χ1n) is 8.10. The summed E-state index contributed by atoms with van der Waals surface area (Å²) in [7, 11) is 0. The fourth-order valence-corrected chi connectivity index (χ4v) is 4.19. The topological polar surface area (TPSA) is 24.5 Å². The molecule has 1 spiro atoms. The van der Waals surface area contributed by atoms with Gasteiger partial charge in [0.05, 0.1) is 23.1 Å². The first kappa shape index (κ1) is 12.5. The van der Waals surface area contributed by atoms with Gasteiger partial charge in [-0.15, -0.1) is 0 Å². The highest BCUT2D eigenvalue weighted by Crippen LogP contribution is 2.43. The van der Waals surface area contributed by atoms with Gasteiger partial charge in [-0.3, -0.25) is 0 Å². The predicted octanol–water partition coefficient (Wildman–Crippen LogP) is 3.41. The molecule has 3 heteroatoms. The molecular formula is C17H24N2O. The Labute approximate surface area is 121 Å². The lowest BCUT2D eigenvalue weighted by Gasteiger charge is -2.34. The maximum atomic E-state index is 6.47. The fourth-order valence-electron chi connectivity index (χ4n) is 4.19. The van der Waals surface area contributed by atoms with Crippen LogP contribution in [0.25, 0.3) is 0 Å². The van der Waals surface area contributed by atoms with Crippen molar-refractivity contribution in [1.82, 2.24) is 0 Å². The van der Waals surface area contributed by atoms with Crippen LogP contribution in [-0.2, 0) is 4.74 Å². The lowest BCUT2D eigenvalue weighted by Crippen LogP contribution is -2.40. The summed E-state index contributed by atoms with van der Waals surface area (Å²) in [5, 5.41) is 3.48. The van der Waals surface area contributed by atoms with E-state index in [1.54, 1.807) is 0 Å². The lowest BCUT2D eigenvalue weighted by molar-refractivity contribution is -0.0327. The molecule has 0 amide bonds. The Morgan fingerprint density at radius 3 is 2.95 bits per heavy atom. The van der Waals surface area contributed by atoms with Crippen molar-refractivity contribution in [2.45, 2.75) is 50.2 Å². The number of hydrogen-bond acceptors (Lipinski definition) is 3. The summed E-state index contributed by atoms with van der Waals surface area (Å²) in [6.07, 6.45) is 8.27. The lowest BCUT2D eigenvalue weighted by atomic mass is 9.98. The van der Waals surface area contributed by atoms with E-state index in [-0.39, 0.29) is 5.60 Å². The van der Waals surface area contributed by atoms with Gasteiger partial charge in [0.2, 0.25) is 0 Å². The van der Waals surface area contributed by atoms with Crippen molar-refractivity contribution in [2.75, 3.05) is 29.9 Å². The minimum Gasteiger partial charge on any atom is -0.382 e. The predicted molar refractivity (Wildman–Crippen MR) is 82.5 cm³/mol. The Balaban J connectivity index is 1.45. The number of rotatable bonds is 2. The van der Waals surface area contributed by atoms with Crippen molar-refractivity contribution in [3.05, 3.63) is 24.3 Å². The smallest absolute Gasteiger partial charge is 0.0758 e. The number of fused-ring (bicyclic) bond motifs is 1. The molecule has 20 heavy (non-hydrogen) atoms. The van der Waals surface area contributed by atoms with Crippen LogP contribution in [0.4, 0.5) is 11.4 Å². The van der Waals surface area contributed by atoms with E-state index in [0.717, 1.165) is 19.6 Å². The van der Waals surface area contributed by atoms with Gasteiger partial charge in [0.15, 0.2) is 0 Å². The molecular weight excluding hydrogens is 248 g/mol. The van der Waals surface area contributed by atoms with Crippen LogP contribution in [0.15, 0.2) is 24.3 Å². The van der Waals surface area contributed by atoms with E-state index in [4.69, 9.17) is 4.74 Å². The van der Waals surface area contributed by atoms with Gasteiger partial charge in [-0.05, 0) is 37.8 Å². The third kappa shape index (κ3) is 2.18. The third-order valence-corrected chi connectivity index (χ3v) is 5.22. The van der Waals surface area contributed by atoms with Crippen molar-refractivity contribution in [3.8, 4) is 0 Å². The molecule has 2 heterocycles. The van der Waals surface area contributed by atoms with Gasteiger partial charge in [-0.1, -0.05) is 25.0 Å². The summed E-state index contributed by atoms with van der Waals surface area (Å²) in [6, 6.07) is 8.64. The maximum absolute atomic E-state index is 6.47. The van der Waals surface area contributed by atoms with Gasteiger partial charge in [-0.2, -0.15) is 0 Å². The van der Waals surface area contributed by atoms with E-state index in [9.17, 15) is 0 Å². The molecule has 1 N–H and O–H groups in total. The second-order valence-electron chi connectivity index (χ2n) is 6.56. The van der Waals surface area contributed by atoms with Crippen molar-refractivity contribution < 1.29 is 4.74 Å². The normalized spacial score (nSPS) is 27.6. The largest absolute Gasteiger partial charge is 0.382 e. The van der Waals surface area contributed by atoms with Gasteiger partial charge < -0.3 is 15.0 Å². The number of para-hydroxylation sites is 2. The van der Waals surface area contributed by atoms with Crippen molar-refractivity contribution in [2.24, 2.45) is 0 Å². The quantitative estimate of drug-likeness (QED) is 0.893. The highest BCUT2D eigenvalue weighted by Gasteiger charge is 2.42. The average molecular weight is 272 g/mol. The number of anilines is 2. The Morgan fingerprint density at radius 2 is 2.05 bits per heavy atom. The first-order chi connectivity index (χ1) is 9.85. The van der Waals surface area contributed by atoms with Crippen LogP contribution in [0.5, 0.6) is 0 Å². The molecule has 0 aromatic heterocycles. The summed E-state index contributed by atoms with van der Waals surface area (Å²) in [6.45, 7) is 3.18. The Hall–Kier alpha value is -1.22. The molecule has 4 rings (SSSR count). The summed E-state index contributed by atoms with van der Waals surface area (Å²) in [4.78, 5) is 2.50. The molecule has 1 atom stereocenters. The molecule has 108 valence electrons. The summed E-state index contributed by atoms with van der Waals surface area (Å²) in [5.74, 6) is 0. The summed E-state index contributed by atoms with van der Waals surface area (Å²) in [5.41, 5.74) is 2.88. The Bertz CT molecular complexity index is 482. The number of nitrogens with zero attached hydrogens (tertiary/aromatic N) is 1. The first-order valence-corrected chi connectivity index (χ1v) is 8.10. The SMILES string of the molecule is c1ccc2c(c1)NCCN2CC1CCC2(CCCC2)O1. The van der Waals surface area contributed by atoms with Crippen LogP contribution < -0.4 is 10.2 Å². The molecule has 1 unspecified atom stereocenters. The minimum atomic E-state index is 0.262. The zero-order chi connectivity index (χ0) is 13.4. The third-order valence-electron chi connectivity index (χ3n) is 5.22. The second-order valence-corrected chi connectivity index (χ2v) is 6.56. The highest BCUT2D eigenvalue weighted by atomic mass is 16.5. The Kier molecular flexibility index (Phi) is 3.10. The Morgan fingerprint density at radius 1 is 1.20 bits per heavy atom. The van der Waals surface area contributed by atoms with Crippen LogP contribution in [0.2, 0.25) is 0 Å². The zero-order valence-corrected chi connectivity index (χ0v) is 12.1. The molecule has 0 bridgehead atoms. The van der Waals surface area contributed by atoms with Gasteiger partial charge in [0, 0.05) is 19.6 Å². The standard InChI is InChI=1S/C17H24N2O/c1-2-6-16-15(5-1)18-11-12-19(16)13-14-7-10-17(20-14)8-3-4-9-17/h1-2,5-6,14,18H,3-4,7-13H2. The fraction of sp³-hybridized carbons (Fsp3) is 0.647. The van der Waals surface area contributed by atoms with Gasteiger partial charge in [0.25, 0.3) is 0 Å². The maximum Gasteiger partial charge on any atom is 0.0758 e. The molecule has 3 nitrogen and oxygen atoms in total. The zero-order valence-electron chi connectivity index (χ0n) is 12.1. The summed E-state index contributed by atoms with van der Waals surface area (Å²) >= 11 is 0. The van der Waals surface area contributed by atoms with Gasteiger partial charge >= 0.3 is 0 Å².